The zero-order chi connectivity index (χ0) is 18.9. The van der Waals surface area contributed by atoms with Crippen molar-refractivity contribution in [2.75, 3.05) is 27.3 Å². The molecule has 0 amide bonds. The van der Waals surface area contributed by atoms with E-state index < -0.39 is 0 Å². The maximum absolute atomic E-state index is 5.79. The van der Waals surface area contributed by atoms with E-state index in [2.05, 4.69) is 37.8 Å². The van der Waals surface area contributed by atoms with Crippen LogP contribution in [0.15, 0.2) is 12.1 Å². The monoisotopic (exact) mass is 441 g/mol. The van der Waals surface area contributed by atoms with E-state index >= 15 is 0 Å². The zero-order valence-electron chi connectivity index (χ0n) is 18.1. The summed E-state index contributed by atoms with van der Waals surface area (Å²) in [4.78, 5) is 2.53. The first-order chi connectivity index (χ1) is 12.6. The molecule has 2 rings (SSSR count). The predicted molar refractivity (Wildman–Crippen MR) is 121 cm³/mol. The molecule has 2 unspecified atom stereocenters. The van der Waals surface area contributed by atoms with Gasteiger partial charge in [-0.05, 0) is 55.5 Å². The number of benzene rings is 1. The molecule has 0 aliphatic carbocycles. The maximum Gasteiger partial charge on any atom is 0.127 e. The highest BCUT2D eigenvalue weighted by atomic mass is 79.9. The van der Waals surface area contributed by atoms with Crippen LogP contribution in [0.2, 0.25) is 0 Å². The molecule has 156 valence electrons. The first-order valence-corrected chi connectivity index (χ1v) is 10.6. The molecule has 1 aliphatic heterocycles. The van der Waals surface area contributed by atoms with Crippen molar-refractivity contribution < 1.29 is 9.47 Å². The molecule has 27 heavy (non-hydrogen) atoms. The van der Waals surface area contributed by atoms with Gasteiger partial charge in [0.05, 0.1) is 19.8 Å². The largest absolute Gasteiger partial charge is 0.496 e. The van der Waals surface area contributed by atoms with Crippen LogP contribution in [0.4, 0.5) is 0 Å². The smallest absolute Gasteiger partial charge is 0.127 e. The number of hydrogen-bond donors (Lipinski definition) is 0. The molecule has 0 aromatic heterocycles. The first-order valence-electron chi connectivity index (χ1n) is 10.6. The van der Waals surface area contributed by atoms with E-state index in [0.717, 1.165) is 18.0 Å². The van der Waals surface area contributed by atoms with Gasteiger partial charge >= 0.3 is 0 Å². The van der Waals surface area contributed by atoms with Crippen LogP contribution in [0, 0.1) is 5.92 Å². The van der Waals surface area contributed by atoms with Gasteiger partial charge in [0.15, 0.2) is 0 Å². The summed E-state index contributed by atoms with van der Waals surface area (Å²) in [6.45, 7) is 10.3. The Bertz CT molecular complexity index is 518. The van der Waals surface area contributed by atoms with Crippen molar-refractivity contribution in [2.45, 2.75) is 78.2 Å². The van der Waals surface area contributed by atoms with Crippen LogP contribution < -0.4 is 9.47 Å². The molecule has 1 aromatic rings. The average molecular weight is 442 g/mol. The van der Waals surface area contributed by atoms with Gasteiger partial charge in [-0.25, -0.2) is 0 Å². The van der Waals surface area contributed by atoms with E-state index in [1.54, 1.807) is 14.2 Å². The Hall–Kier alpha value is -0.740. The Kier molecular flexibility index (Phi) is 11.4. The quantitative estimate of drug-likeness (QED) is 0.382. The Morgan fingerprint density at radius 2 is 1.56 bits per heavy atom. The van der Waals surface area contributed by atoms with Crippen molar-refractivity contribution >= 4 is 17.0 Å². The second kappa shape index (κ2) is 12.7. The molecule has 0 bridgehead atoms. The fourth-order valence-electron chi connectivity index (χ4n) is 4.06. The van der Waals surface area contributed by atoms with E-state index in [1.165, 1.54) is 69.2 Å². The lowest BCUT2D eigenvalue weighted by Gasteiger charge is -2.29. The fourth-order valence-corrected chi connectivity index (χ4v) is 4.06. The van der Waals surface area contributed by atoms with Crippen molar-refractivity contribution in [1.29, 1.82) is 0 Å². The number of unbranched alkanes of at least 4 members (excludes halogenated alkanes) is 2. The van der Waals surface area contributed by atoms with Gasteiger partial charge in [0.1, 0.15) is 11.5 Å². The molecule has 0 spiro atoms. The number of rotatable bonds is 10. The van der Waals surface area contributed by atoms with Gasteiger partial charge < -0.3 is 9.47 Å². The number of methoxy groups -OCH3 is 2. The third-order valence-corrected chi connectivity index (χ3v) is 6.10. The lowest BCUT2D eigenvalue weighted by Crippen LogP contribution is -2.29. The highest BCUT2D eigenvalue weighted by Crippen LogP contribution is 2.37. The SMILES string of the molecule is Br.CCCCCC(C)C(C)c1cc(OC)c(CN2CCCCC2)c(OC)c1. The summed E-state index contributed by atoms with van der Waals surface area (Å²) in [5.41, 5.74) is 2.54. The van der Waals surface area contributed by atoms with Gasteiger partial charge in [0.2, 0.25) is 0 Å². The topological polar surface area (TPSA) is 21.7 Å². The van der Waals surface area contributed by atoms with Gasteiger partial charge in [-0.1, -0.05) is 52.9 Å². The van der Waals surface area contributed by atoms with Gasteiger partial charge in [-0.2, -0.15) is 0 Å². The number of halogens is 1. The first kappa shape index (κ1) is 24.3. The summed E-state index contributed by atoms with van der Waals surface area (Å²) in [5, 5.41) is 0. The van der Waals surface area contributed by atoms with Gasteiger partial charge in [0, 0.05) is 6.54 Å². The summed E-state index contributed by atoms with van der Waals surface area (Å²) in [7, 11) is 3.57. The van der Waals surface area contributed by atoms with Gasteiger partial charge in [0.25, 0.3) is 0 Å². The third kappa shape index (κ3) is 6.98. The number of likely N-dealkylation sites (tertiary alicyclic amines) is 1. The predicted octanol–water partition coefficient (Wildman–Crippen LogP) is 6.59. The minimum absolute atomic E-state index is 0. The molecular formula is C23H40BrNO2. The summed E-state index contributed by atoms with van der Waals surface area (Å²) in [6, 6.07) is 4.51. The molecule has 0 radical (unpaired) electrons. The minimum atomic E-state index is 0. The van der Waals surface area contributed by atoms with E-state index in [1.807, 2.05) is 0 Å². The Morgan fingerprint density at radius 1 is 0.963 bits per heavy atom. The highest BCUT2D eigenvalue weighted by molar-refractivity contribution is 8.93. The van der Waals surface area contributed by atoms with Crippen LogP contribution in [0.3, 0.4) is 0 Å². The van der Waals surface area contributed by atoms with Crippen molar-refractivity contribution in [3.63, 3.8) is 0 Å². The van der Waals surface area contributed by atoms with E-state index in [9.17, 15) is 0 Å². The van der Waals surface area contributed by atoms with Crippen molar-refractivity contribution in [1.82, 2.24) is 4.90 Å². The lowest BCUT2D eigenvalue weighted by atomic mass is 9.84. The molecule has 1 aliphatic rings. The van der Waals surface area contributed by atoms with E-state index in [0.29, 0.717) is 11.8 Å². The highest BCUT2D eigenvalue weighted by Gasteiger charge is 2.21. The molecule has 0 N–H and O–H groups in total. The summed E-state index contributed by atoms with van der Waals surface area (Å²) < 4.78 is 11.6. The normalized spacial score (nSPS) is 17.1. The number of ether oxygens (including phenoxy) is 2. The van der Waals surface area contributed by atoms with E-state index in [4.69, 9.17) is 9.47 Å². The molecule has 3 nitrogen and oxygen atoms in total. The summed E-state index contributed by atoms with van der Waals surface area (Å²) in [5.74, 6) is 3.15. The van der Waals surface area contributed by atoms with Crippen LogP contribution in [0.1, 0.15) is 82.8 Å². The number of hydrogen-bond acceptors (Lipinski definition) is 3. The van der Waals surface area contributed by atoms with Crippen LogP contribution in [-0.2, 0) is 6.54 Å². The summed E-state index contributed by atoms with van der Waals surface area (Å²) >= 11 is 0. The molecular weight excluding hydrogens is 402 g/mol. The lowest BCUT2D eigenvalue weighted by molar-refractivity contribution is 0.215. The number of piperidine rings is 1. The second-order valence-corrected chi connectivity index (χ2v) is 8.00. The van der Waals surface area contributed by atoms with Crippen LogP contribution in [0.25, 0.3) is 0 Å². The van der Waals surface area contributed by atoms with Crippen molar-refractivity contribution in [2.24, 2.45) is 5.92 Å². The summed E-state index contributed by atoms with van der Waals surface area (Å²) in [6.07, 6.45) is 9.19. The molecule has 4 heteroatoms. The van der Waals surface area contributed by atoms with Crippen LogP contribution in [-0.4, -0.2) is 32.2 Å². The average Bonchev–Trinajstić information content (AvgIpc) is 2.68. The number of nitrogens with zero attached hydrogens (tertiary/aromatic N) is 1. The van der Waals surface area contributed by atoms with Crippen LogP contribution in [0.5, 0.6) is 11.5 Å². The molecule has 2 atom stereocenters. The zero-order valence-corrected chi connectivity index (χ0v) is 19.8. The molecule has 1 saturated heterocycles. The third-order valence-electron chi connectivity index (χ3n) is 6.10. The second-order valence-electron chi connectivity index (χ2n) is 8.00. The van der Waals surface area contributed by atoms with Crippen LogP contribution >= 0.6 is 17.0 Å². The molecule has 1 fully saturated rings. The van der Waals surface area contributed by atoms with Crippen molar-refractivity contribution in [3.05, 3.63) is 23.3 Å². The standard InChI is InChI=1S/C23H39NO2.BrH/c1-6-7-9-12-18(2)19(3)20-15-22(25-4)21(23(16-20)26-5)17-24-13-10-8-11-14-24;/h15-16,18-19H,6-14,17H2,1-5H3;1H. The Labute approximate surface area is 177 Å². The Balaban J connectivity index is 0.00000364. The minimum Gasteiger partial charge on any atom is -0.496 e. The fraction of sp³-hybridized carbons (Fsp3) is 0.739. The van der Waals surface area contributed by atoms with Gasteiger partial charge in [-0.3, -0.25) is 4.90 Å². The molecule has 1 aromatic carbocycles. The molecule has 1 heterocycles. The molecule has 0 saturated carbocycles. The Morgan fingerprint density at radius 3 is 2.07 bits per heavy atom. The van der Waals surface area contributed by atoms with Gasteiger partial charge in [-0.15, -0.1) is 17.0 Å². The van der Waals surface area contributed by atoms with Crippen molar-refractivity contribution in [3.8, 4) is 11.5 Å². The maximum atomic E-state index is 5.79. The van der Waals surface area contributed by atoms with E-state index in [-0.39, 0.29) is 17.0 Å².